The number of nitrogens with two attached hydrogens (primary N) is 1. The molecule has 0 aromatic carbocycles. The van der Waals surface area contributed by atoms with E-state index in [0.717, 1.165) is 0 Å². The Balaban J connectivity index is 2.56. The number of carbonyl (C=O) groups excluding carboxylic acids is 1. The second-order valence-electron chi connectivity index (χ2n) is 4.61. The number of carbonyl (C=O) groups is 2. The molecule has 3 N–H and O–H groups in total. The number of hydrogen-bond donors (Lipinski definition) is 2. The average molecular weight is 228 g/mol. The van der Waals surface area contributed by atoms with Crippen molar-refractivity contribution in [3.8, 4) is 0 Å². The molecule has 92 valence electrons. The molecule has 0 aliphatic carbocycles. The highest BCUT2D eigenvalue weighted by Crippen LogP contribution is 2.25. The first kappa shape index (κ1) is 13.0. The van der Waals surface area contributed by atoms with Crippen LogP contribution in [0.25, 0.3) is 0 Å². The molecule has 0 saturated carbocycles. The van der Waals surface area contributed by atoms with Crippen molar-refractivity contribution >= 4 is 11.9 Å². The molecule has 1 rings (SSSR count). The number of hydrogen-bond acceptors (Lipinski definition) is 3. The second kappa shape index (κ2) is 5.30. The van der Waals surface area contributed by atoms with Gasteiger partial charge in [-0.3, -0.25) is 9.59 Å². The van der Waals surface area contributed by atoms with Crippen molar-refractivity contribution in [2.45, 2.75) is 32.7 Å². The van der Waals surface area contributed by atoms with E-state index in [1.54, 1.807) is 11.8 Å². The Morgan fingerprint density at radius 1 is 1.56 bits per heavy atom. The summed E-state index contributed by atoms with van der Waals surface area (Å²) in [5.41, 5.74) is 5.46. The first-order valence-corrected chi connectivity index (χ1v) is 5.69. The van der Waals surface area contributed by atoms with Crippen LogP contribution in [0.1, 0.15) is 26.7 Å². The van der Waals surface area contributed by atoms with Gasteiger partial charge in [-0.25, -0.2) is 0 Å². The molecular weight excluding hydrogens is 208 g/mol. The minimum Gasteiger partial charge on any atom is -0.481 e. The van der Waals surface area contributed by atoms with Crippen LogP contribution in [0.3, 0.4) is 0 Å². The standard InChI is InChI=1S/C11H20N2O3/c1-7(6-12)5-10(14)13-4-3-9(8(13)2)11(15)16/h7-9H,3-6,12H2,1-2H3,(H,15,16). The van der Waals surface area contributed by atoms with E-state index in [9.17, 15) is 9.59 Å². The lowest BCUT2D eigenvalue weighted by Gasteiger charge is -2.24. The maximum atomic E-state index is 11.9. The molecule has 0 aromatic rings. The Morgan fingerprint density at radius 2 is 2.19 bits per heavy atom. The zero-order chi connectivity index (χ0) is 12.3. The summed E-state index contributed by atoms with van der Waals surface area (Å²) in [5, 5.41) is 8.95. The van der Waals surface area contributed by atoms with E-state index in [1.807, 2.05) is 6.92 Å². The van der Waals surface area contributed by atoms with Crippen molar-refractivity contribution in [1.82, 2.24) is 4.90 Å². The Morgan fingerprint density at radius 3 is 2.62 bits per heavy atom. The predicted octanol–water partition coefficient (Wildman–Crippen LogP) is 0.293. The summed E-state index contributed by atoms with van der Waals surface area (Å²) in [5.74, 6) is -1.05. The number of carboxylic acids is 1. The van der Waals surface area contributed by atoms with Gasteiger partial charge in [0.1, 0.15) is 0 Å². The number of carboxylic acid groups (broad SMARTS) is 1. The number of rotatable bonds is 4. The van der Waals surface area contributed by atoms with E-state index in [2.05, 4.69) is 0 Å². The van der Waals surface area contributed by atoms with Gasteiger partial charge in [0.25, 0.3) is 0 Å². The van der Waals surface area contributed by atoms with E-state index >= 15 is 0 Å². The van der Waals surface area contributed by atoms with Crippen LogP contribution < -0.4 is 5.73 Å². The maximum Gasteiger partial charge on any atom is 0.308 e. The van der Waals surface area contributed by atoms with E-state index < -0.39 is 11.9 Å². The van der Waals surface area contributed by atoms with Gasteiger partial charge in [0.2, 0.25) is 5.91 Å². The molecule has 1 fully saturated rings. The Kier molecular flexibility index (Phi) is 4.29. The molecule has 1 heterocycles. The Bertz CT molecular complexity index is 280. The highest BCUT2D eigenvalue weighted by Gasteiger charge is 2.37. The first-order valence-electron chi connectivity index (χ1n) is 5.69. The zero-order valence-corrected chi connectivity index (χ0v) is 9.85. The van der Waals surface area contributed by atoms with Crippen LogP contribution >= 0.6 is 0 Å². The molecule has 3 atom stereocenters. The van der Waals surface area contributed by atoms with E-state index in [1.165, 1.54) is 0 Å². The Labute approximate surface area is 95.6 Å². The van der Waals surface area contributed by atoms with Crippen LogP contribution in [-0.2, 0) is 9.59 Å². The van der Waals surface area contributed by atoms with Crippen molar-refractivity contribution in [2.75, 3.05) is 13.1 Å². The molecule has 0 radical (unpaired) electrons. The summed E-state index contributed by atoms with van der Waals surface area (Å²) in [7, 11) is 0. The van der Waals surface area contributed by atoms with Gasteiger partial charge in [-0.15, -0.1) is 0 Å². The first-order chi connectivity index (χ1) is 7.47. The minimum absolute atomic E-state index is 0.0224. The van der Waals surface area contributed by atoms with Crippen LogP contribution in [0, 0.1) is 11.8 Å². The molecule has 0 bridgehead atoms. The summed E-state index contributed by atoms with van der Waals surface area (Å²) < 4.78 is 0. The quantitative estimate of drug-likeness (QED) is 0.724. The van der Waals surface area contributed by atoms with Gasteiger partial charge in [0, 0.05) is 19.0 Å². The fourth-order valence-electron chi connectivity index (χ4n) is 2.12. The monoisotopic (exact) mass is 228 g/mol. The van der Waals surface area contributed by atoms with Crippen molar-refractivity contribution in [3.05, 3.63) is 0 Å². The number of likely N-dealkylation sites (tertiary alicyclic amines) is 1. The third-order valence-corrected chi connectivity index (χ3v) is 3.32. The fourth-order valence-corrected chi connectivity index (χ4v) is 2.12. The highest BCUT2D eigenvalue weighted by atomic mass is 16.4. The van der Waals surface area contributed by atoms with Gasteiger partial charge < -0.3 is 15.7 Å². The molecule has 3 unspecified atom stereocenters. The van der Waals surface area contributed by atoms with E-state index in [-0.39, 0.29) is 17.9 Å². The van der Waals surface area contributed by atoms with Crippen molar-refractivity contribution in [1.29, 1.82) is 0 Å². The van der Waals surface area contributed by atoms with Crippen LogP contribution in [0.2, 0.25) is 0 Å². The lowest BCUT2D eigenvalue weighted by atomic mass is 10.0. The van der Waals surface area contributed by atoms with Gasteiger partial charge in [0.05, 0.1) is 5.92 Å². The molecule has 5 nitrogen and oxygen atoms in total. The van der Waals surface area contributed by atoms with Crippen LogP contribution in [-0.4, -0.2) is 41.0 Å². The predicted molar refractivity (Wildman–Crippen MR) is 59.8 cm³/mol. The van der Waals surface area contributed by atoms with Gasteiger partial charge >= 0.3 is 5.97 Å². The number of nitrogens with zero attached hydrogens (tertiary/aromatic N) is 1. The van der Waals surface area contributed by atoms with Gasteiger partial charge in [-0.2, -0.15) is 0 Å². The summed E-state index contributed by atoms with van der Waals surface area (Å²) >= 11 is 0. The molecule has 5 heteroatoms. The largest absolute Gasteiger partial charge is 0.481 e. The zero-order valence-electron chi connectivity index (χ0n) is 9.85. The number of aliphatic carboxylic acids is 1. The molecule has 0 aromatic heterocycles. The van der Waals surface area contributed by atoms with Crippen LogP contribution in [0.4, 0.5) is 0 Å². The lowest BCUT2D eigenvalue weighted by molar-refractivity contribution is -0.143. The molecule has 1 saturated heterocycles. The van der Waals surface area contributed by atoms with Gasteiger partial charge in [0.15, 0.2) is 0 Å². The lowest BCUT2D eigenvalue weighted by Crippen LogP contribution is -2.38. The van der Waals surface area contributed by atoms with Crippen LogP contribution in [0.15, 0.2) is 0 Å². The third kappa shape index (κ3) is 2.72. The fraction of sp³-hybridized carbons (Fsp3) is 0.818. The van der Waals surface area contributed by atoms with Crippen molar-refractivity contribution < 1.29 is 14.7 Å². The van der Waals surface area contributed by atoms with Crippen molar-refractivity contribution in [3.63, 3.8) is 0 Å². The van der Waals surface area contributed by atoms with E-state index in [4.69, 9.17) is 10.8 Å². The Hall–Kier alpha value is -1.10. The van der Waals surface area contributed by atoms with Gasteiger partial charge in [-0.05, 0) is 25.8 Å². The second-order valence-corrected chi connectivity index (χ2v) is 4.61. The van der Waals surface area contributed by atoms with Crippen LogP contribution in [0.5, 0.6) is 0 Å². The molecule has 16 heavy (non-hydrogen) atoms. The summed E-state index contributed by atoms with van der Waals surface area (Å²) in [4.78, 5) is 24.4. The van der Waals surface area contributed by atoms with E-state index in [0.29, 0.717) is 25.9 Å². The molecule has 0 spiro atoms. The van der Waals surface area contributed by atoms with Crippen molar-refractivity contribution in [2.24, 2.45) is 17.6 Å². The smallest absolute Gasteiger partial charge is 0.308 e. The summed E-state index contributed by atoms with van der Waals surface area (Å²) in [6.45, 7) is 4.76. The average Bonchev–Trinajstić information content (AvgIpc) is 2.59. The molecule has 1 amide bonds. The molecule has 1 aliphatic heterocycles. The summed E-state index contributed by atoms with van der Waals surface area (Å²) in [6, 6.07) is -0.199. The van der Waals surface area contributed by atoms with Gasteiger partial charge in [-0.1, -0.05) is 6.92 Å². The molecular formula is C11H20N2O3. The number of amides is 1. The minimum atomic E-state index is -0.810. The third-order valence-electron chi connectivity index (χ3n) is 3.32. The summed E-state index contributed by atoms with van der Waals surface area (Å²) in [6.07, 6.45) is 0.965. The maximum absolute atomic E-state index is 11.9. The topological polar surface area (TPSA) is 83.6 Å². The highest BCUT2D eigenvalue weighted by molar-refractivity contribution is 5.79. The SMILES string of the molecule is CC(CN)CC(=O)N1CCC(C(=O)O)C1C. The normalized spacial score (nSPS) is 26.8. The molecule has 1 aliphatic rings.